The molecule has 1 aliphatic heterocycles. The van der Waals surface area contributed by atoms with E-state index in [1.54, 1.807) is 0 Å². The molecular weight excluding hydrogens is 763 g/mol. The van der Waals surface area contributed by atoms with Gasteiger partial charge in [-0.05, 0) is 112 Å². The van der Waals surface area contributed by atoms with Crippen LogP contribution in [0.1, 0.15) is 11.1 Å². The summed E-state index contributed by atoms with van der Waals surface area (Å²) >= 11 is 1.87. The van der Waals surface area contributed by atoms with Gasteiger partial charge in [-0.2, -0.15) is 0 Å². The van der Waals surface area contributed by atoms with Gasteiger partial charge in [0.15, 0.2) is 0 Å². The van der Waals surface area contributed by atoms with Crippen LogP contribution in [0.15, 0.2) is 217 Å². The van der Waals surface area contributed by atoms with Gasteiger partial charge in [-0.25, -0.2) is 0 Å². The van der Waals surface area contributed by atoms with Crippen LogP contribution in [0.3, 0.4) is 0 Å². The molecule has 0 atom stereocenters. The number of furan rings is 1. The van der Waals surface area contributed by atoms with Crippen LogP contribution >= 0.6 is 11.3 Å². The molecular formula is C57H37NO2S. The highest BCUT2D eigenvalue weighted by Gasteiger charge is 2.22. The first-order valence-corrected chi connectivity index (χ1v) is 21.5. The van der Waals surface area contributed by atoms with Gasteiger partial charge < -0.3 is 14.1 Å². The minimum absolute atomic E-state index is 0.814. The number of hydrogen-bond acceptors (Lipinski definition) is 4. The maximum atomic E-state index is 6.60. The first kappa shape index (κ1) is 35.3. The fourth-order valence-electron chi connectivity index (χ4n) is 8.92. The van der Waals surface area contributed by atoms with Gasteiger partial charge >= 0.3 is 0 Å². The van der Waals surface area contributed by atoms with E-state index in [9.17, 15) is 0 Å². The maximum Gasteiger partial charge on any atom is 0.142 e. The van der Waals surface area contributed by atoms with Crippen molar-refractivity contribution in [2.45, 2.75) is 6.42 Å². The number of ether oxygens (including phenoxy) is 1. The van der Waals surface area contributed by atoms with Crippen molar-refractivity contribution in [3.05, 3.63) is 223 Å². The van der Waals surface area contributed by atoms with Gasteiger partial charge in [0, 0.05) is 48.2 Å². The van der Waals surface area contributed by atoms with Crippen molar-refractivity contribution in [3.8, 4) is 39.1 Å². The monoisotopic (exact) mass is 799 g/mol. The second-order valence-electron chi connectivity index (χ2n) is 15.6. The van der Waals surface area contributed by atoms with Crippen molar-refractivity contribution in [2.75, 3.05) is 4.90 Å². The minimum Gasteiger partial charge on any atom is -0.456 e. The third-order valence-electron chi connectivity index (χ3n) is 12.0. The molecule has 2 aromatic heterocycles. The molecule has 0 fully saturated rings. The quantitative estimate of drug-likeness (QED) is 0.161. The molecule has 61 heavy (non-hydrogen) atoms. The lowest BCUT2D eigenvalue weighted by molar-refractivity contribution is 0.504. The van der Waals surface area contributed by atoms with E-state index < -0.39 is 0 Å². The third kappa shape index (κ3) is 6.19. The van der Waals surface area contributed by atoms with E-state index in [0.29, 0.717) is 0 Å². The molecule has 11 aromatic rings. The number of allylic oxidation sites excluding steroid dienone is 1. The molecule has 12 rings (SSSR count). The van der Waals surface area contributed by atoms with E-state index >= 15 is 0 Å². The Morgan fingerprint density at radius 2 is 1.02 bits per heavy atom. The fraction of sp³-hybridized carbons (Fsp3) is 0.0175. The van der Waals surface area contributed by atoms with Gasteiger partial charge in [-0.3, -0.25) is 0 Å². The van der Waals surface area contributed by atoms with Crippen LogP contribution in [0.5, 0.6) is 5.75 Å². The Kier molecular flexibility index (Phi) is 8.43. The lowest BCUT2D eigenvalue weighted by Crippen LogP contribution is -2.09. The molecule has 0 aliphatic carbocycles. The Morgan fingerprint density at radius 1 is 0.426 bits per heavy atom. The van der Waals surface area contributed by atoms with Gasteiger partial charge in [0.1, 0.15) is 22.7 Å². The van der Waals surface area contributed by atoms with Crippen molar-refractivity contribution in [3.63, 3.8) is 0 Å². The first-order valence-electron chi connectivity index (χ1n) is 20.7. The van der Waals surface area contributed by atoms with Crippen LogP contribution in [0, 0.1) is 0 Å². The second kappa shape index (κ2) is 14.6. The maximum absolute atomic E-state index is 6.60. The summed E-state index contributed by atoms with van der Waals surface area (Å²) in [6.45, 7) is 0. The van der Waals surface area contributed by atoms with Crippen molar-refractivity contribution >= 4 is 76.3 Å². The summed E-state index contributed by atoms with van der Waals surface area (Å²) in [6, 6.07) is 73.7. The SMILES string of the molecule is C1=C(c2ccccc2)Oc2c(ccc3oc4cc(-c5ccc(N(c6ccc(-c7ccccc7)cc6)c6ccc(-c7cccc8c7sc7ccccc78)cc6)cc5)ccc4c23)C1. The highest BCUT2D eigenvalue weighted by Crippen LogP contribution is 2.45. The molecule has 0 radical (unpaired) electrons. The van der Waals surface area contributed by atoms with Crippen molar-refractivity contribution in [1.82, 2.24) is 0 Å². The van der Waals surface area contributed by atoms with Gasteiger partial charge in [-0.15, -0.1) is 11.3 Å². The number of nitrogens with zero attached hydrogens (tertiary/aromatic N) is 1. The molecule has 0 N–H and O–H groups in total. The van der Waals surface area contributed by atoms with Gasteiger partial charge in [0.2, 0.25) is 0 Å². The zero-order valence-corrected chi connectivity index (χ0v) is 33.9. The third-order valence-corrected chi connectivity index (χ3v) is 13.2. The Labute approximate surface area is 357 Å². The molecule has 0 saturated carbocycles. The fourth-order valence-corrected chi connectivity index (χ4v) is 10.2. The van der Waals surface area contributed by atoms with E-state index in [4.69, 9.17) is 9.15 Å². The summed E-state index contributed by atoms with van der Waals surface area (Å²) in [4.78, 5) is 2.34. The van der Waals surface area contributed by atoms with Crippen molar-refractivity contribution in [1.29, 1.82) is 0 Å². The minimum atomic E-state index is 0.814. The standard InChI is InChI=1S/C57H37NO2S/c1-3-10-37(11-4-1)38-18-27-44(28-19-38)58(46-31-22-40(23-32-46)47-15-9-16-49-48-14-7-8-17-54(48)61-57(47)49)45-29-20-39(21-30-45)43-24-33-50-53(36-43)59-52-35-26-42-25-34-51(60-56(42)55(50)52)41-12-5-2-6-13-41/h1-24,26-36H,25H2. The van der Waals surface area contributed by atoms with E-state index in [2.05, 4.69) is 199 Å². The lowest BCUT2D eigenvalue weighted by atomic mass is 9.99. The highest BCUT2D eigenvalue weighted by atomic mass is 32.1. The normalized spacial score (nSPS) is 12.4. The average molecular weight is 800 g/mol. The molecule has 9 aromatic carbocycles. The Balaban J connectivity index is 0.894. The largest absolute Gasteiger partial charge is 0.456 e. The van der Waals surface area contributed by atoms with Gasteiger partial charge in [-0.1, -0.05) is 146 Å². The molecule has 0 unspecified atom stereocenters. The highest BCUT2D eigenvalue weighted by molar-refractivity contribution is 7.26. The number of benzene rings is 9. The summed E-state index contributed by atoms with van der Waals surface area (Å²) in [5.74, 6) is 1.77. The summed E-state index contributed by atoms with van der Waals surface area (Å²) in [7, 11) is 0. The summed E-state index contributed by atoms with van der Waals surface area (Å²) in [5.41, 5.74) is 14.2. The smallest absolute Gasteiger partial charge is 0.142 e. The number of rotatable bonds is 7. The number of fused-ring (bicyclic) bond motifs is 8. The molecule has 3 nitrogen and oxygen atoms in total. The molecule has 0 spiro atoms. The van der Waals surface area contributed by atoms with Crippen LogP contribution < -0.4 is 9.64 Å². The van der Waals surface area contributed by atoms with E-state index in [1.165, 1.54) is 42.4 Å². The number of thiophene rings is 1. The van der Waals surface area contributed by atoms with Gasteiger partial charge in [0.05, 0.1) is 5.39 Å². The topological polar surface area (TPSA) is 25.6 Å². The summed E-state index contributed by atoms with van der Waals surface area (Å²) in [5, 5.41) is 4.70. The molecule has 0 bridgehead atoms. The molecule has 0 amide bonds. The van der Waals surface area contributed by atoms with Gasteiger partial charge in [0.25, 0.3) is 0 Å². The lowest BCUT2D eigenvalue weighted by Gasteiger charge is -2.26. The summed E-state index contributed by atoms with van der Waals surface area (Å²) in [6.07, 6.45) is 2.98. The van der Waals surface area contributed by atoms with Crippen LogP contribution in [0.4, 0.5) is 17.1 Å². The Morgan fingerprint density at radius 3 is 1.74 bits per heavy atom. The predicted molar refractivity (Wildman–Crippen MR) is 256 cm³/mol. The number of hydrogen-bond donors (Lipinski definition) is 0. The molecule has 288 valence electrons. The zero-order chi connectivity index (χ0) is 40.3. The number of anilines is 3. The van der Waals surface area contributed by atoms with E-state index in [-0.39, 0.29) is 0 Å². The van der Waals surface area contributed by atoms with Crippen LogP contribution in [0.2, 0.25) is 0 Å². The van der Waals surface area contributed by atoms with Crippen LogP contribution in [-0.4, -0.2) is 0 Å². The van der Waals surface area contributed by atoms with Crippen molar-refractivity contribution < 1.29 is 9.15 Å². The summed E-state index contributed by atoms with van der Waals surface area (Å²) < 4.78 is 15.8. The second-order valence-corrected chi connectivity index (χ2v) is 16.7. The Bertz CT molecular complexity index is 3440. The average Bonchev–Trinajstić information content (AvgIpc) is 3.91. The molecule has 3 heterocycles. The molecule has 0 saturated heterocycles. The molecule has 1 aliphatic rings. The van der Waals surface area contributed by atoms with Crippen LogP contribution in [0.25, 0.3) is 81.3 Å². The zero-order valence-electron chi connectivity index (χ0n) is 33.1. The van der Waals surface area contributed by atoms with Crippen LogP contribution in [-0.2, 0) is 6.42 Å². The van der Waals surface area contributed by atoms with E-state index in [0.717, 1.165) is 79.2 Å². The predicted octanol–water partition coefficient (Wildman–Crippen LogP) is 16.4. The van der Waals surface area contributed by atoms with Crippen molar-refractivity contribution in [2.24, 2.45) is 0 Å². The Hall–Kier alpha value is -7.66. The molecule has 4 heteroatoms. The van der Waals surface area contributed by atoms with E-state index in [1.807, 2.05) is 29.5 Å². The first-order chi connectivity index (χ1) is 30.2.